The van der Waals surface area contributed by atoms with Gasteiger partial charge in [-0.25, -0.2) is 8.42 Å². The number of amides is 1. The topological polar surface area (TPSA) is 89.3 Å². The second kappa shape index (κ2) is 5.82. The normalized spacial score (nSPS) is 19.9. The van der Waals surface area contributed by atoms with Crippen LogP contribution in [0.4, 0.5) is 0 Å². The molecular formula is C11H22N2O3S. The van der Waals surface area contributed by atoms with Crippen molar-refractivity contribution in [2.24, 2.45) is 5.73 Å². The minimum absolute atomic E-state index is 0.102. The molecule has 0 aromatic carbocycles. The van der Waals surface area contributed by atoms with E-state index in [4.69, 9.17) is 5.73 Å². The summed E-state index contributed by atoms with van der Waals surface area (Å²) in [6, 6.07) is 0. The Morgan fingerprint density at radius 1 is 1.29 bits per heavy atom. The summed E-state index contributed by atoms with van der Waals surface area (Å²) in [7, 11) is -2.94. The highest BCUT2D eigenvalue weighted by Gasteiger charge is 2.34. The summed E-state index contributed by atoms with van der Waals surface area (Å²) in [6.07, 6.45) is 6.22. The standard InChI is InChI=1S/C11H22N2O3S/c1-17(15,16)9-5-8-13-10(14)11(12)6-3-2-4-7-11/h2-9,12H2,1H3,(H,13,14). The highest BCUT2D eigenvalue weighted by Crippen LogP contribution is 2.25. The second-order valence-electron chi connectivity index (χ2n) is 4.96. The molecule has 0 unspecified atom stereocenters. The molecule has 3 N–H and O–H groups in total. The molecule has 1 fully saturated rings. The van der Waals surface area contributed by atoms with Crippen LogP contribution >= 0.6 is 0 Å². The smallest absolute Gasteiger partial charge is 0.240 e. The zero-order chi connectivity index (χ0) is 12.9. The molecular weight excluding hydrogens is 240 g/mol. The SMILES string of the molecule is CS(=O)(=O)CCCNC(=O)C1(N)CCCCC1. The number of nitrogens with one attached hydrogen (secondary N) is 1. The Morgan fingerprint density at radius 3 is 2.41 bits per heavy atom. The molecule has 6 heteroatoms. The first-order valence-corrected chi connectivity index (χ1v) is 8.14. The van der Waals surface area contributed by atoms with Crippen LogP contribution in [0.2, 0.25) is 0 Å². The molecule has 0 bridgehead atoms. The van der Waals surface area contributed by atoms with E-state index in [0.29, 0.717) is 13.0 Å². The fourth-order valence-electron chi connectivity index (χ4n) is 2.12. The Kier molecular flexibility index (Phi) is 4.94. The number of carbonyl (C=O) groups is 1. The molecule has 0 aromatic heterocycles. The van der Waals surface area contributed by atoms with E-state index in [9.17, 15) is 13.2 Å². The number of hydrogen-bond acceptors (Lipinski definition) is 4. The number of nitrogens with two attached hydrogens (primary N) is 1. The molecule has 0 saturated heterocycles. The first kappa shape index (κ1) is 14.4. The maximum atomic E-state index is 11.9. The van der Waals surface area contributed by atoms with Gasteiger partial charge in [0.05, 0.1) is 11.3 Å². The van der Waals surface area contributed by atoms with Crippen molar-refractivity contribution in [3.8, 4) is 0 Å². The van der Waals surface area contributed by atoms with Gasteiger partial charge in [0.1, 0.15) is 9.84 Å². The monoisotopic (exact) mass is 262 g/mol. The van der Waals surface area contributed by atoms with Gasteiger partial charge < -0.3 is 11.1 Å². The summed E-state index contributed by atoms with van der Waals surface area (Å²) in [4.78, 5) is 11.9. The van der Waals surface area contributed by atoms with E-state index in [0.717, 1.165) is 32.1 Å². The summed E-state index contributed by atoms with van der Waals surface area (Å²) in [5.41, 5.74) is 5.31. The molecule has 1 amide bonds. The predicted molar refractivity (Wildman–Crippen MR) is 67.3 cm³/mol. The molecule has 0 aliphatic heterocycles. The van der Waals surface area contributed by atoms with Crippen LogP contribution in [0.3, 0.4) is 0 Å². The fourth-order valence-corrected chi connectivity index (χ4v) is 2.79. The number of sulfone groups is 1. The highest BCUT2D eigenvalue weighted by atomic mass is 32.2. The van der Waals surface area contributed by atoms with Crippen molar-refractivity contribution in [1.82, 2.24) is 5.32 Å². The lowest BCUT2D eigenvalue weighted by molar-refractivity contribution is -0.127. The van der Waals surface area contributed by atoms with Crippen LogP contribution < -0.4 is 11.1 Å². The van der Waals surface area contributed by atoms with Gasteiger partial charge in [0.15, 0.2) is 0 Å². The van der Waals surface area contributed by atoms with Crippen molar-refractivity contribution < 1.29 is 13.2 Å². The van der Waals surface area contributed by atoms with Crippen molar-refractivity contribution in [2.75, 3.05) is 18.6 Å². The molecule has 0 aromatic rings. The summed E-state index contributed by atoms with van der Waals surface area (Å²) in [6.45, 7) is 0.380. The highest BCUT2D eigenvalue weighted by molar-refractivity contribution is 7.90. The van der Waals surface area contributed by atoms with E-state index >= 15 is 0 Å². The number of rotatable bonds is 5. The summed E-state index contributed by atoms with van der Waals surface area (Å²) < 4.78 is 21.8. The zero-order valence-electron chi connectivity index (χ0n) is 10.4. The lowest BCUT2D eigenvalue weighted by Gasteiger charge is -2.31. The molecule has 17 heavy (non-hydrogen) atoms. The molecule has 1 aliphatic carbocycles. The average Bonchev–Trinajstić information content (AvgIpc) is 2.24. The van der Waals surface area contributed by atoms with E-state index in [1.165, 1.54) is 6.26 Å². The van der Waals surface area contributed by atoms with Gasteiger partial charge in [0.25, 0.3) is 0 Å². The Morgan fingerprint density at radius 2 is 1.88 bits per heavy atom. The van der Waals surface area contributed by atoms with Gasteiger partial charge >= 0.3 is 0 Å². The predicted octanol–water partition coefficient (Wildman–Crippen LogP) is 0.199. The first-order valence-electron chi connectivity index (χ1n) is 6.08. The minimum atomic E-state index is -2.94. The third-order valence-corrected chi connectivity index (χ3v) is 4.21. The molecule has 0 radical (unpaired) electrons. The maximum absolute atomic E-state index is 11.9. The van der Waals surface area contributed by atoms with Crippen LogP contribution in [0.25, 0.3) is 0 Å². The van der Waals surface area contributed by atoms with Gasteiger partial charge in [-0.15, -0.1) is 0 Å². The van der Waals surface area contributed by atoms with Gasteiger partial charge in [-0.1, -0.05) is 19.3 Å². The van der Waals surface area contributed by atoms with Gasteiger partial charge in [-0.2, -0.15) is 0 Å². The van der Waals surface area contributed by atoms with Gasteiger partial charge in [0.2, 0.25) is 5.91 Å². The number of carbonyl (C=O) groups excluding carboxylic acids is 1. The summed E-state index contributed by atoms with van der Waals surface area (Å²) in [5.74, 6) is -0.0316. The molecule has 100 valence electrons. The summed E-state index contributed by atoms with van der Waals surface area (Å²) in [5, 5.41) is 2.74. The minimum Gasteiger partial charge on any atom is -0.354 e. The number of hydrogen-bond donors (Lipinski definition) is 2. The van der Waals surface area contributed by atoms with Crippen LogP contribution in [-0.2, 0) is 14.6 Å². The van der Waals surface area contributed by atoms with E-state index < -0.39 is 15.4 Å². The van der Waals surface area contributed by atoms with Crippen molar-refractivity contribution in [3.05, 3.63) is 0 Å². The van der Waals surface area contributed by atoms with Crippen molar-refractivity contribution in [2.45, 2.75) is 44.1 Å². The molecule has 1 rings (SSSR count). The van der Waals surface area contributed by atoms with Gasteiger partial charge in [-0.3, -0.25) is 4.79 Å². The van der Waals surface area contributed by atoms with E-state index in [1.807, 2.05) is 0 Å². The third kappa shape index (κ3) is 5.04. The molecule has 0 spiro atoms. The van der Waals surface area contributed by atoms with Gasteiger partial charge in [-0.05, 0) is 19.3 Å². The Bertz CT molecular complexity index is 359. The quantitative estimate of drug-likeness (QED) is 0.693. The van der Waals surface area contributed by atoms with Crippen molar-refractivity contribution in [1.29, 1.82) is 0 Å². The van der Waals surface area contributed by atoms with E-state index in [-0.39, 0.29) is 11.7 Å². The maximum Gasteiger partial charge on any atom is 0.240 e. The molecule has 1 saturated carbocycles. The fraction of sp³-hybridized carbons (Fsp3) is 0.909. The summed E-state index contributed by atoms with van der Waals surface area (Å²) >= 11 is 0. The lowest BCUT2D eigenvalue weighted by Crippen LogP contribution is -2.55. The van der Waals surface area contributed by atoms with E-state index in [1.54, 1.807) is 0 Å². The first-order chi connectivity index (χ1) is 7.83. The van der Waals surface area contributed by atoms with Crippen molar-refractivity contribution in [3.63, 3.8) is 0 Å². The van der Waals surface area contributed by atoms with Gasteiger partial charge in [0, 0.05) is 12.8 Å². The van der Waals surface area contributed by atoms with E-state index in [2.05, 4.69) is 5.32 Å². The van der Waals surface area contributed by atoms with Crippen LogP contribution in [-0.4, -0.2) is 38.4 Å². The Labute approximate surface area is 103 Å². The average molecular weight is 262 g/mol. The van der Waals surface area contributed by atoms with Crippen LogP contribution in [0.1, 0.15) is 38.5 Å². The van der Waals surface area contributed by atoms with Crippen LogP contribution in [0, 0.1) is 0 Å². The third-order valence-electron chi connectivity index (χ3n) is 3.18. The molecule has 5 nitrogen and oxygen atoms in total. The van der Waals surface area contributed by atoms with Crippen molar-refractivity contribution >= 4 is 15.7 Å². The largest absolute Gasteiger partial charge is 0.354 e. The molecule has 0 heterocycles. The Hall–Kier alpha value is -0.620. The zero-order valence-corrected chi connectivity index (χ0v) is 11.2. The second-order valence-corrected chi connectivity index (χ2v) is 7.22. The Balaban J connectivity index is 2.29. The van der Waals surface area contributed by atoms with Crippen LogP contribution in [0.5, 0.6) is 0 Å². The lowest BCUT2D eigenvalue weighted by atomic mass is 9.82. The van der Waals surface area contributed by atoms with Crippen LogP contribution in [0.15, 0.2) is 0 Å². The molecule has 0 atom stereocenters. The molecule has 1 aliphatic rings.